The summed E-state index contributed by atoms with van der Waals surface area (Å²) in [6.07, 6.45) is 5.83. The van der Waals surface area contributed by atoms with Crippen LogP contribution in [0.1, 0.15) is 50.8 Å². The lowest BCUT2D eigenvalue weighted by Gasteiger charge is -2.25. The third-order valence-corrected chi connectivity index (χ3v) is 5.15. The van der Waals surface area contributed by atoms with Gasteiger partial charge in [0.15, 0.2) is 11.5 Å². The Hall–Kier alpha value is -2.01. The van der Waals surface area contributed by atoms with Gasteiger partial charge in [-0.1, -0.05) is 33.1 Å². The Balaban J connectivity index is 1.75. The van der Waals surface area contributed by atoms with Crippen LogP contribution in [0.15, 0.2) is 18.2 Å². The lowest BCUT2D eigenvalue weighted by Crippen LogP contribution is -2.30. The average Bonchev–Trinajstić information content (AvgIpc) is 3.11. The molecule has 0 bridgehead atoms. The zero-order valence-electron chi connectivity index (χ0n) is 16.3. The molecule has 0 saturated heterocycles. The molecule has 0 radical (unpaired) electrons. The summed E-state index contributed by atoms with van der Waals surface area (Å²) in [7, 11) is 1.70. The van der Waals surface area contributed by atoms with Gasteiger partial charge in [0.1, 0.15) is 0 Å². The number of ether oxygens (including phenoxy) is 2. The van der Waals surface area contributed by atoms with Crippen molar-refractivity contribution in [3.8, 4) is 22.8 Å². The third kappa shape index (κ3) is 4.21. The van der Waals surface area contributed by atoms with E-state index >= 15 is 0 Å². The van der Waals surface area contributed by atoms with E-state index in [9.17, 15) is 0 Å². The van der Waals surface area contributed by atoms with Crippen LogP contribution in [0.25, 0.3) is 11.3 Å². The highest BCUT2D eigenvalue weighted by molar-refractivity contribution is 5.68. The van der Waals surface area contributed by atoms with Crippen LogP contribution in [0.5, 0.6) is 11.5 Å². The molecule has 1 aromatic heterocycles. The predicted octanol–water partition coefficient (Wildman–Crippen LogP) is 4.42. The fourth-order valence-electron chi connectivity index (χ4n) is 3.50. The normalized spacial score (nSPS) is 14.3. The first-order valence-corrected chi connectivity index (χ1v) is 9.86. The van der Waals surface area contributed by atoms with Crippen molar-refractivity contribution in [2.24, 2.45) is 0 Å². The van der Waals surface area contributed by atoms with Gasteiger partial charge in [-0.05, 0) is 31.2 Å². The Bertz CT molecular complexity index is 711. The second-order valence-electron chi connectivity index (χ2n) is 6.92. The number of nitrogens with one attached hydrogen (secondary N) is 1. The number of fused-ring (bicyclic) bond motifs is 1. The number of methoxy groups -OCH3 is 1. The summed E-state index contributed by atoms with van der Waals surface area (Å²) in [6.45, 7) is 8.28. The van der Waals surface area contributed by atoms with Crippen molar-refractivity contribution in [2.45, 2.75) is 52.5 Å². The molecule has 1 N–H and O–H groups in total. The molecule has 1 aliphatic rings. The summed E-state index contributed by atoms with van der Waals surface area (Å²) in [5.74, 6) is 1.59. The Morgan fingerprint density at radius 2 is 2.04 bits per heavy atom. The molecule has 142 valence electrons. The van der Waals surface area contributed by atoms with Crippen molar-refractivity contribution in [2.75, 3.05) is 26.8 Å². The number of hydrogen-bond donors (Lipinski definition) is 1. The summed E-state index contributed by atoms with van der Waals surface area (Å²) in [6, 6.07) is 6.14. The number of aromatic nitrogens is 2. The first-order chi connectivity index (χ1) is 12.8. The van der Waals surface area contributed by atoms with Gasteiger partial charge in [-0.3, -0.25) is 10.00 Å². The minimum Gasteiger partial charge on any atom is -0.493 e. The average molecular weight is 357 g/mol. The number of H-pyrrole nitrogens is 1. The van der Waals surface area contributed by atoms with Crippen LogP contribution in [0, 0.1) is 0 Å². The van der Waals surface area contributed by atoms with Gasteiger partial charge in [0.05, 0.1) is 19.4 Å². The number of rotatable bonds is 9. The number of likely N-dealkylation sites (N-methyl/N-ethyl adjacent to an activating group) is 1. The molecule has 5 heteroatoms. The smallest absolute Gasteiger partial charge is 0.161 e. The molecular weight excluding hydrogens is 326 g/mol. The Kier molecular flexibility index (Phi) is 6.56. The molecule has 0 fully saturated rings. The van der Waals surface area contributed by atoms with Crippen molar-refractivity contribution < 1.29 is 9.47 Å². The van der Waals surface area contributed by atoms with Crippen LogP contribution in [0.4, 0.5) is 0 Å². The van der Waals surface area contributed by atoms with Crippen LogP contribution in [-0.2, 0) is 13.0 Å². The summed E-state index contributed by atoms with van der Waals surface area (Å²) >= 11 is 0. The van der Waals surface area contributed by atoms with E-state index in [-0.39, 0.29) is 0 Å². The van der Waals surface area contributed by atoms with E-state index in [0.29, 0.717) is 0 Å². The molecule has 1 aliphatic heterocycles. The maximum absolute atomic E-state index is 5.93. The zero-order valence-corrected chi connectivity index (χ0v) is 16.3. The number of hydrogen-bond acceptors (Lipinski definition) is 4. The highest BCUT2D eigenvalue weighted by Gasteiger charge is 2.22. The van der Waals surface area contributed by atoms with Crippen LogP contribution in [0.2, 0.25) is 0 Å². The van der Waals surface area contributed by atoms with Gasteiger partial charge in [0.25, 0.3) is 0 Å². The van der Waals surface area contributed by atoms with E-state index < -0.39 is 0 Å². The van der Waals surface area contributed by atoms with Crippen LogP contribution in [0.3, 0.4) is 0 Å². The monoisotopic (exact) mass is 357 g/mol. The zero-order chi connectivity index (χ0) is 18.4. The second-order valence-corrected chi connectivity index (χ2v) is 6.92. The molecule has 0 unspecified atom stereocenters. The predicted molar refractivity (Wildman–Crippen MR) is 105 cm³/mol. The number of aromatic amines is 1. The highest BCUT2D eigenvalue weighted by Crippen LogP contribution is 2.35. The van der Waals surface area contributed by atoms with E-state index in [1.54, 1.807) is 7.11 Å². The summed E-state index contributed by atoms with van der Waals surface area (Å²) in [5.41, 5.74) is 4.69. The molecule has 0 spiro atoms. The van der Waals surface area contributed by atoms with Crippen LogP contribution >= 0.6 is 0 Å². The molecule has 3 rings (SSSR count). The lowest BCUT2D eigenvalue weighted by molar-refractivity contribution is 0.267. The molecule has 26 heavy (non-hydrogen) atoms. The molecule has 2 heterocycles. The van der Waals surface area contributed by atoms with Gasteiger partial charge in [0, 0.05) is 36.3 Å². The van der Waals surface area contributed by atoms with Crippen LogP contribution in [-0.4, -0.2) is 41.9 Å². The Labute approximate surface area is 156 Å². The van der Waals surface area contributed by atoms with Gasteiger partial charge in [-0.15, -0.1) is 0 Å². The van der Waals surface area contributed by atoms with Crippen molar-refractivity contribution >= 4 is 0 Å². The largest absolute Gasteiger partial charge is 0.493 e. The number of nitrogens with zero attached hydrogens (tertiary/aromatic N) is 2. The fourth-order valence-corrected chi connectivity index (χ4v) is 3.50. The Morgan fingerprint density at radius 3 is 2.81 bits per heavy atom. The van der Waals surface area contributed by atoms with Crippen LogP contribution < -0.4 is 9.47 Å². The number of unbranched alkanes of at least 4 members (excludes halogenated alkanes) is 3. The SMILES string of the molecule is CCCCCCOc1ccc(-c2n[nH]c3c2CN(CC)CC3)cc1OC. The fraction of sp³-hybridized carbons (Fsp3) is 0.571. The maximum atomic E-state index is 5.93. The van der Waals surface area contributed by atoms with E-state index in [1.165, 1.54) is 30.5 Å². The summed E-state index contributed by atoms with van der Waals surface area (Å²) in [4.78, 5) is 2.45. The summed E-state index contributed by atoms with van der Waals surface area (Å²) < 4.78 is 11.5. The highest BCUT2D eigenvalue weighted by atomic mass is 16.5. The maximum Gasteiger partial charge on any atom is 0.161 e. The lowest BCUT2D eigenvalue weighted by atomic mass is 10.0. The van der Waals surface area contributed by atoms with E-state index in [0.717, 1.165) is 61.8 Å². The van der Waals surface area contributed by atoms with Crippen molar-refractivity contribution in [3.05, 3.63) is 29.5 Å². The second kappa shape index (κ2) is 9.08. The van der Waals surface area contributed by atoms with Crippen molar-refractivity contribution in [3.63, 3.8) is 0 Å². The first kappa shape index (κ1) is 18.8. The quantitative estimate of drug-likeness (QED) is 0.675. The van der Waals surface area contributed by atoms with Gasteiger partial charge in [-0.25, -0.2) is 0 Å². The van der Waals surface area contributed by atoms with Gasteiger partial charge in [0.2, 0.25) is 0 Å². The van der Waals surface area contributed by atoms with Gasteiger partial charge in [-0.2, -0.15) is 5.10 Å². The topological polar surface area (TPSA) is 50.4 Å². The third-order valence-electron chi connectivity index (χ3n) is 5.15. The van der Waals surface area contributed by atoms with Crippen molar-refractivity contribution in [1.29, 1.82) is 0 Å². The molecule has 5 nitrogen and oxygen atoms in total. The molecule has 0 amide bonds. The van der Waals surface area contributed by atoms with Crippen molar-refractivity contribution in [1.82, 2.24) is 15.1 Å². The molecule has 0 atom stereocenters. The number of benzene rings is 1. The molecule has 2 aromatic rings. The molecule has 0 aliphatic carbocycles. The minimum absolute atomic E-state index is 0.735. The standard InChI is InChI=1S/C21H31N3O2/c1-4-6-7-8-13-26-19-10-9-16(14-20(19)25-3)21-17-15-24(5-2)12-11-18(17)22-23-21/h9-10,14H,4-8,11-13,15H2,1-3H3,(H,22,23). The van der Waals surface area contributed by atoms with E-state index in [4.69, 9.17) is 9.47 Å². The molecule has 1 aromatic carbocycles. The molecule has 0 saturated carbocycles. The Morgan fingerprint density at radius 1 is 1.15 bits per heavy atom. The minimum atomic E-state index is 0.735. The summed E-state index contributed by atoms with van der Waals surface area (Å²) in [5, 5.41) is 7.82. The first-order valence-electron chi connectivity index (χ1n) is 9.86. The molecular formula is C21H31N3O2. The van der Waals surface area contributed by atoms with E-state index in [2.05, 4.69) is 35.0 Å². The van der Waals surface area contributed by atoms with E-state index in [1.807, 2.05) is 12.1 Å². The van der Waals surface area contributed by atoms with Gasteiger partial charge < -0.3 is 9.47 Å². The van der Waals surface area contributed by atoms with Gasteiger partial charge >= 0.3 is 0 Å².